The molecule has 3 aliphatic rings. The van der Waals surface area contributed by atoms with Crippen LogP contribution >= 0.6 is 24.0 Å². The highest BCUT2D eigenvalue weighted by atomic mass is 127. The molecule has 0 aromatic carbocycles. The van der Waals surface area contributed by atoms with Gasteiger partial charge in [0.1, 0.15) is 0 Å². The Morgan fingerprint density at radius 3 is 2.04 bits per heavy atom. The third kappa shape index (κ3) is 7.07. The summed E-state index contributed by atoms with van der Waals surface area (Å²) in [7, 11) is 0. The molecule has 2 N–H and O–H groups in total. The molecular formula is C20H38IN5O. The number of halogens is 1. The molecule has 6 nitrogen and oxygen atoms in total. The van der Waals surface area contributed by atoms with E-state index in [-0.39, 0.29) is 24.0 Å². The minimum atomic E-state index is 0. The molecular weight excluding hydrogens is 453 g/mol. The van der Waals surface area contributed by atoms with Crippen LogP contribution in [0.1, 0.15) is 57.8 Å². The molecule has 2 aliphatic heterocycles. The highest BCUT2D eigenvalue weighted by Gasteiger charge is 2.28. The first-order chi connectivity index (χ1) is 12.7. The van der Waals surface area contributed by atoms with Crippen molar-refractivity contribution in [3.05, 3.63) is 0 Å². The highest BCUT2D eigenvalue weighted by molar-refractivity contribution is 14.0. The normalized spacial score (nSPS) is 23.6. The van der Waals surface area contributed by atoms with Crippen LogP contribution in [0, 0.1) is 5.92 Å². The van der Waals surface area contributed by atoms with Crippen LogP contribution in [-0.4, -0.2) is 78.9 Å². The van der Waals surface area contributed by atoms with E-state index in [1.165, 1.54) is 44.9 Å². The van der Waals surface area contributed by atoms with Crippen LogP contribution in [0.15, 0.2) is 4.99 Å². The molecule has 0 aromatic rings. The molecule has 2 heterocycles. The summed E-state index contributed by atoms with van der Waals surface area (Å²) in [6, 6.07) is 0. The Morgan fingerprint density at radius 1 is 0.815 bits per heavy atom. The van der Waals surface area contributed by atoms with Crippen LogP contribution < -0.4 is 5.73 Å². The fourth-order valence-electron chi connectivity index (χ4n) is 4.51. The zero-order valence-corrected chi connectivity index (χ0v) is 19.1. The van der Waals surface area contributed by atoms with Gasteiger partial charge in [-0.1, -0.05) is 32.1 Å². The second-order valence-electron chi connectivity index (χ2n) is 8.14. The van der Waals surface area contributed by atoms with Gasteiger partial charge in [-0.3, -0.25) is 14.7 Å². The minimum absolute atomic E-state index is 0. The number of hydrogen-bond donors (Lipinski definition) is 1. The number of piperazine rings is 1. The maximum atomic E-state index is 12.6. The van der Waals surface area contributed by atoms with E-state index in [4.69, 9.17) is 5.73 Å². The molecule has 1 amide bonds. The Labute approximate surface area is 181 Å². The van der Waals surface area contributed by atoms with Crippen molar-refractivity contribution >= 4 is 35.8 Å². The summed E-state index contributed by atoms with van der Waals surface area (Å²) in [5.74, 6) is 1.43. The van der Waals surface area contributed by atoms with Crippen molar-refractivity contribution in [3.63, 3.8) is 0 Å². The van der Waals surface area contributed by atoms with E-state index in [9.17, 15) is 4.79 Å². The standard InChI is InChI=1S/C20H37N5O.HI/c21-20(25-11-6-1-2-7-12-25)22-10-13-23-14-16-24(17-15-23)19(26)18-8-4-3-5-9-18;/h18H,1-17H2,(H2,21,22);1H. The molecule has 0 atom stereocenters. The summed E-state index contributed by atoms with van der Waals surface area (Å²) in [6.07, 6.45) is 11.0. The number of carbonyl (C=O) groups excluding carboxylic acids is 1. The second-order valence-corrected chi connectivity index (χ2v) is 8.14. The maximum Gasteiger partial charge on any atom is 0.225 e. The van der Waals surface area contributed by atoms with Gasteiger partial charge in [-0.15, -0.1) is 24.0 Å². The number of nitrogens with zero attached hydrogens (tertiary/aromatic N) is 4. The van der Waals surface area contributed by atoms with E-state index in [0.29, 0.717) is 11.8 Å². The van der Waals surface area contributed by atoms with Crippen molar-refractivity contribution < 1.29 is 4.79 Å². The number of hydrogen-bond acceptors (Lipinski definition) is 3. The highest BCUT2D eigenvalue weighted by Crippen LogP contribution is 2.25. The molecule has 0 unspecified atom stereocenters. The molecule has 1 aliphatic carbocycles. The first-order valence-electron chi connectivity index (χ1n) is 10.8. The number of likely N-dealkylation sites (tertiary alicyclic amines) is 1. The van der Waals surface area contributed by atoms with Crippen molar-refractivity contribution in [2.45, 2.75) is 57.8 Å². The smallest absolute Gasteiger partial charge is 0.225 e. The fourth-order valence-corrected chi connectivity index (χ4v) is 4.51. The molecule has 2 saturated heterocycles. The Balaban J connectivity index is 0.00000261. The van der Waals surface area contributed by atoms with E-state index >= 15 is 0 Å². The summed E-state index contributed by atoms with van der Waals surface area (Å²) in [4.78, 5) is 24.0. The number of guanidine groups is 1. The van der Waals surface area contributed by atoms with E-state index in [2.05, 4.69) is 19.7 Å². The van der Waals surface area contributed by atoms with Crippen LogP contribution in [0.5, 0.6) is 0 Å². The summed E-state index contributed by atoms with van der Waals surface area (Å²) >= 11 is 0. The van der Waals surface area contributed by atoms with Crippen LogP contribution in [-0.2, 0) is 4.79 Å². The largest absolute Gasteiger partial charge is 0.370 e. The lowest BCUT2D eigenvalue weighted by Gasteiger charge is -2.37. The zero-order chi connectivity index (χ0) is 18.2. The van der Waals surface area contributed by atoms with Gasteiger partial charge in [0, 0.05) is 51.7 Å². The van der Waals surface area contributed by atoms with E-state index in [1.807, 2.05) is 0 Å². The van der Waals surface area contributed by atoms with Crippen molar-refractivity contribution in [3.8, 4) is 0 Å². The van der Waals surface area contributed by atoms with Gasteiger partial charge in [-0.2, -0.15) is 0 Å². The van der Waals surface area contributed by atoms with E-state index < -0.39 is 0 Å². The van der Waals surface area contributed by atoms with Crippen LogP contribution in [0.2, 0.25) is 0 Å². The molecule has 3 rings (SSSR count). The fraction of sp³-hybridized carbons (Fsp3) is 0.900. The van der Waals surface area contributed by atoms with Crippen molar-refractivity contribution in [2.75, 3.05) is 52.4 Å². The van der Waals surface area contributed by atoms with Crippen LogP contribution in [0.4, 0.5) is 0 Å². The molecule has 0 spiro atoms. The minimum Gasteiger partial charge on any atom is -0.370 e. The lowest BCUT2D eigenvalue weighted by molar-refractivity contribution is -0.138. The predicted molar refractivity (Wildman–Crippen MR) is 122 cm³/mol. The van der Waals surface area contributed by atoms with Gasteiger partial charge in [-0.25, -0.2) is 0 Å². The lowest BCUT2D eigenvalue weighted by atomic mass is 9.88. The van der Waals surface area contributed by atoms with Crippen molar-refractivity contribution in [1.29, 1.82) is 0 Å². The first kappa shape index (κ1) is 22.7. The Morgan fingerprint density at radius 2 is 1.41 bits per heavy atom. The molecule has 156 valence electrons. The second kappa shape index (κ2) is 12.1. The first-order valence-corrected chi connectivity index (χ1v) is 10.8. The summed E-state index contributed by atoms with van der Waals surface area (Å²) in [5.41, 5.74) is 6.18. The number of nitrogens with two attached hydrogens (primary N) is 1. The maximum absolute atomic E-state index is 12.6. The quantitative estimate of drug-likeness (QED) is 0.373. The molecule has 27 heavy (non-hydrogen) atoms. The van der Waals surface area contributed by atoms with Gasteiger partial charge < -0.3 is 15.5 Å². The summed E-state index contributed by atoms with van der Waals surface area (Å²) < 4.78 is 0. The third-order valence-corrected chi connectivity index (χ3v) is 6.26. The third-order valence-electron chi connectivity index (χ3n) is 6.26. The Hall–Kier alpha value is -0.570. The van der Waals surface area contributed by atoms with Gasteiger partial charge in [0.05, 0.1) is 6.54 Å². The summed E-state index contributed by atoms with van der Waals surface area (Å²) in [6.45, 7) is 7.50. The number of carbonyl (C=O) groups is 1. The molecule has 0 radical (unpaired) electrons. The molecule has 0 aromatic heterocycles. The van der Waals surface area contributed by atoms with Crippen LogP contribution in [0.25, 0.3) is 0 Å². The van der Waals surface area contributed by atoms with Gasteiger partial charge in [0.25, 0.3) is 0 Å². The molecule has 1 saturated carbocycles. The van der Waals surface area contributed by atoms with Gasteiger partial charge in [0.2, 0.25) is 5.91 Å². The van der Waals surface area contributed by atoms with E-state index in [1.54, 1.807) is 0 Å². The van der Waals surface area contributed by atoms with Crippen LogP contribution in [0.3, 0.4) is 0 Å². The zero-order valence-electron chi connectivity index (χ0n) is 16.8. The average Bonchev–Trinajstić information content (AvgIpc) is 2.98. The van der Waals surface area contributed by atoms with Crippen molar-refractivity contribution in [2.24, 2.45) is 16.6 Å². The van der Waals surface area contributed by atoms with Gasteiger partial charge in [-0.05, 0) is 25.7 Å². The van der Waals surface area contributed by atoms with Crippen molar-refractivity contribution in [1.82, 2.24) is 14.7 Å². The molecule has 7 heteroatoms. The van der Waals surface area contributed by atoms with E-state index in [0.717, 1.165) is 71.2 Å². The average molecular weight is 491 g/mol. The van der Waals surface area contributed by atoms with Gasteiger partial charge in [0.15, 0.2) is 5.96 Å². The Bertz CT molecular complexity index is 465. The SMILES string of the molecule is I.NC(=NCCN1CCN(C(=O)C2CCCCC2)CC1)N1CCCCCC1. The topological polar surface area (TPSA) is 65.2 Å². The molecule has 3 fully saturated rings. The number of rotatable bonds is 4. The van der Waals surface area contributed by atoms with Gasteiger partial charge >= 0.3 is 0 Å². The monoisotopic (exact) mass is 491 g/mol. The molecule has 0 bridgehead atoms. The Kier molecular flexibility index (Phi) is 10.2. The predicted octanol–water partition coefficient (Wildman–Crippen LogP) is 2.52. The summed E-state index contributed by atoms with van der Waals surface area (Å²) in [5, 5.41) is 0. The lowest BCUT2D eigenvalue weighted by Crippen LogP contribution is -2.51. The number of amides is 1. The number of aliphatic imine (C=N–C) groups is 1.